The van der Waals surface area contributed by atoms with Crippen LogP contribution in [0.4, 0.5) is 5.82 Å². The number of halogens is 1. The van der Waals surface area contributed by atoms with Gasteiger partial charge >= 0.3 is 0 Å². The third kappa shape index (κ3) is 4.88. The van der Waals surface area contributed by atoms with Crippen molar-refractivity contribution in [3.8, 4) is 0 Å². The van der Waals surface area contributed by atoms with Gasteiger partial charge in [-0.05, 0) is 18.8 Å². The minimum atomic E-state index is 0. The molecule has 3 nitrogen and oxygen atoms in total. The maximum absolute atomic E-state index is 4.53. The summed E-state index contributed by atoms with van der Waals surface area (Å²) in [6.07, 6.45) is 0. The van der Waals surface area contributed by atoms with Gasteiger partial charge in [-0.15, -0.1) is 12.4 Å². The SMILES string of the molecule is Cc1cc(NCC(C)C)nn1CC(C)C.Cl. The van der Waals surface area contributed by atoms with Gasteiger partial charge in [-0.3, -0.25) is 4.68 Å². The van der Waals surface area contributed by atoms with Crippen molar-refractivity contribution >= 4 is 18.2 Å². The fraction of sp³-hybridized carbons (Fsp3) is 0.750. The second-order valence-electron chi connectivity index (χ2n) is 5.02. The lowest BCUT2D eigenvalue weighted by atomic mass is 10.2. The Labute approximate surface area is 105 Å². The monoisotopic (exact) mass is 245 g/mol. The van der Waals surface area contributed by atoms with Crippen molar-refractivity contribution in [3.05, 3.63) is 11.8 Å². The summed E-state index contributed by atoms with van der Waals surface area (Å²) in [5, 5.41) is 7.87. The van der Waals surface area contributed by atoms with E-state index in [2.05, 4.69) is 55.8 Å². The standard InChI is InChI=1S/C12H23N3.ClH/c1-9(2)7-13-12-6-11(5)15(14-12)8-10(3)4;/h6,9-10H,7-8H2,1-5H3,(H,13,14);1H. The van der Waals surface area contributed by atoms with Gasteiger partial charge in [0.05, 0.1) is 0 Å². The van der Waals surface area contributed by atoms with E-state index in [4.69, 9.17) is 0 Å². The molecule has 0 bridgehead atoms. The van der Waals surface area contributed by atoms with E-state index in [0.29, 0.717) is 11.8 Å². The summed E-state index contributed by atoms with van der Waals surface area (Å²) >= 11 is 0. The molecule has 0 saturated carbocycles. The summed E-state index contributed by atoms with van der Waals surface area (Å²) in [6.45, 7) is 12.9. The molecular weight excluding hydrogens is 222 g/mol. The van der Waals surface area contributed by atoms with Crippen LogP contribution in [0.2, 0.25) is 0 Å². The third-order valence-corrected chi connectivity index (χ3v) is 2.21. The molecule has 0 atom stereocenters. The molecule has 1 rings (SSSR count). The predicted octanol–water partition coefficient (Wildman–Crippen LogP) is 3.34. The number of hydrogen-bond acceptors (Lipinski definition) is 2. The first kappa shape index (κ1) is 15.3. The van der Waals surface area contributed by atoms with E-state index in [1.54, 1.807) is 0 Å². The van der Waals surface area contributed by atoms with Gasteiger partial charge in [-0.25, -0.2) is 0 Å². The van der Waals surface area contributed by atoms with E-state index in [1.165, 1.54) is 5.69 Å². The fourth-order valence-corrected chi connectivity index (χ4v) is 1.44. The average molecular weight is 246 g/mol. The summed E-state index contributed by atoms with van der Waals surface area (Å²) in [4.78, 5) is 0. The smallest absolute Gasteiger partial charge is 0.148 e. The molecule has 1 aromatic heterocycles. The Morgan fingerprint density at radius 1 is 1.25 bits per heavy atom. The van der Waals surface area contributed by atoms with E-state index in [-0.39, 0.29) is 12.4 Å². The molecule has 0 fully saturated rings. The summed E-state index contributed by atoms with van der Waals surface area (Å²) < 4.78 is 2.08. The Morgan fingerprint density at radius 3 is 2.38 bits per heavy atom. The lowest BCUT2D eigenvalue weighted by molar-refractivity contribution is 0.475. The number of rotatable bonds is 5. The zero-order valence-corrected chi connectivity index (χ0v) is 11.8. The molecule has 0 aliphatic rings. The number of aromatic nitrogens is 2. The Morgan fingerprint density at radius 2 is 1.88 bits per heavy atom. The maximum Gasteiger partial charge on any atom is 0.148 e. The van der Waals surface area contributed by atoms with E-state index in [0.717, 1.165) is 18.9 Å². The summed E-state index contributed by atoms with van der Waals surface area (Å²) in [5.41, 5.74) is 1.23. The second-order valence-corrected chi connectivity index (χ2v) is 5.02. The third-order valence-electron chi connectivity index (χ3n) is 2.21. The first-order valence-corrected chi connectivity index (χ1v) is 5.77. The van der Waals surface area contributed by atoms with Crippen molar-refractivity contribution in [2.45, 2.75) is 41.2 Å². The topological polar surface area (TPSA) is 29.9 Å². The molecule has 0 aliphatic carbocycles. The van der Waals surface area contributed by atoms with Crippen LogP contribution in [0.1, 0.15) is 33.4 Å². The molecule has 0 amide bonds. The number of nitrogens with zero attached hydrogens (tertiary/aromatic N) is 2. The summed E-state index contributed by atoms with van der Waals surface area (Å²) in [7, 11) is 0. The molecule has 1 heterocycles. The van der Waals surface area contributed by atoms with Crippen LogP contribution in [0.25, 0.3) is 0 Å². The molecule has 0 saturated heterocycles. The van der Waals surface area contributed by atoms with Crippen LogP contribution < -0.4 is 5.32 Å². The maximum atomic E-state index is 4.53. The zero-order chi connectivity index (χ0) is 11.4. The van der Waals surface area contributed by atoms with Crippen molar-refractivity contribution < 1.29 is 0 Å². The van der Waals surface area contributed by atoms with Crippen molar-refractivity contribution in [2.24, 2.45) is 11.8 Å². The number of anilines is 1. The molecule has 0 aliphatic heterocycles. The zero-order valence-electron chi connectivity index (χ0n) is 10.9. The second kappa shape index (κ2) is 6.79. The molecule has 0 spiro atoms. The van der Waals surface area contributed by atoms with Gasteiger partial charge in [0.15, 0.2) is 0 Å². The minimum Gasteiger partial charge on any atom is -0.368 e. The van der Waals surface area contributed by atoms with Crippen molar-refractivity contribution in [2.75, 3.05) is 11.9 Å². The van der Waals surface area contributed by atoms with Crippen LogP contribution in [0.3, 0.4) is 0 Å². The molecule has 0 aromatic carbocycles. The van der Waals surface area contributed by atoms with E-state index in [1.807, 2.05) is 0 Å². The molecule has 0 radical (unpaired) electrons. The van der Waals surface area contributed by atoms with Gasteiger partial charge in [0.1, 0.15) is 5.82 Å². The lowest BCUT2D eigenvalue weighted by Gasteiger charge is -2.07. The largest absolute Gasteiger partial charge is 0.368 e. The Hall–Kier alpha value is -0.700. The van der Waals surface area contributed by atoms with Crippen molar-refractivity contribution in [1.82, 2.24) is 9.78 Å². The normalized spacial score (nSPS) is 10.7. The van der Waals surface area contributed by atoms with Gasteiger partial charge < -0.3 is 5.32 Å². The van der Waals surface area contributed by atoms with Crippen LogP contribution in [-0.4, -0.2) is 16.3 Å². The summed E-state index contributed by atoms with van der Waals surface area (Å²) in [5.74, 6) is 2.30. The highest BCUT2D eigenvalue weighted by Crippen LogP contribution is 2.11. The number of hydrogen-bond donors (Lipinski definition) is 1. The number of nitrogens with one attached hydrogen (secondary N) is 1. The van der Waals surface area contributed by atoms with Gasteiger partial charge in [-0.2, -0.15) is 5.10 Å². The minimum absolute atomic E-state index is 0. The quantitative estimate of drug-likeness (QED) is 0.863. The average Bonchev–Trinajstić information content (AvgIpc) is 2.43. The molecule has 0 unspecified atom stereocenters. The van der Waals surface area contributed by atoms with E-state index >= 15 is 0 Å². The van der Waals surface area contributed by atoms with Gasteiger partial charge in [-0.1, -0.05) is 27.7 Å². The van der Waals surface area contributed by atoms with E-state index < -0.39 is 0 Å². The van der Waals surface area contributed by atoms with Gasteiger partial charge in [0.25, 0.3) is 0 Å². The van der Waals surface area contributed by atoms with Crippen LogP contribution in [0, 0.1) is 18.8 Å². The molecule has 94 valence electrons. The first-order valence-electron chi connectivity index (χ1n) is 5.77. The Kier molecular flexibility index (Phi) is 6.49. The van der Waals surface area contributed by atoms with Crippen LogP contribution >= 0.6 is 12.4 Å². The van der Waals surface area contributed by atoms with Gasteiger partial charge in [0, 0.05) is 24.8 Å². The highest BCUT2D eigenvalue weighted by molar-refractivity contribution is 5.85. The lowest BCUT2D eigenvalue weighted by Crippen LogP contribution is -2.10. The van der Waals surface area contributed by atoms with Gasteiger partial charge in [0.2, 0.25) is 0 Å². The van der Waals surface area contributed by atoms with E-state index in [9.17, 15) is 0 Å². The first-order chi connectivity index (χ1) is 6.99. The van der Waals surface area contributed by atoms with Crippen LogP contribution in [0.15, 0.2) is 6.07 Å². The number of aryl methyl sites for hydroxylation is 1. The Bertz CT molecular complexity index is 305. The molecule has 1 aromatic rings. The molecule has 4 heteroatoms. The highest BCUT2D eigenvalue weighted by Gasteiger charge is 2.05. The van der Waals surface area contributed by atoms with Crippen LogP contribution in [0.5, 0.6) is 0 Å². The van der Waals surface area contributed by atoms with Crippen molar-refractivity contribution in [3.63, 3.8) is 0 Å². The predicted molar refractivity (Wildman–Crippen MR) is 72.4 cm³/mol. The van der Waals surface area contributed by atoms with Crippen LogP contribution in [-0.2, 0) is 6.54 Å². The summed E-state index contributed by atoms with van der Waals surface area (Å²) in [6, 6.07) is 2.12. The Balaban J connectivity index is 0.00000225. The highest BCUT2D eigenvalue weighted by atomic mass is 35.5. The molecular formula is C12H24ClN3. The molecule has 16 heavy (non-hydrogen) atoms. The molecule has 1 N–H and O–H groups in total. The van der Waals surface area contributed by atoms with Crippen molar-refractivity contribution in [1.29, 1.82) is 0 Å². The fourth-order valence-electron chi connectivity index (χ4n) is 1.44.